The van der Waals surface area contributed by atoms with E-state index in [2.05, 4.69) is 10.6 Å². The maximum absolute atomic E-state index is 14.3. The minimum Gasteiger partial charge on any atom is -0.461 e. The van der Waals surface area contributed by atoms with Crippen LogP contribution in [0.5, 0.6) is 0 Å². The van der Waals surface area contributed by atoms with Crippen molar-refractivity contribution in [1.29, 1.82) is 0 Å². The van der Waals surface area contributed by atoms with Crippen LogP contribution in [0.25, 0.3) is 0 Å². The van der Waals surface area contributed by atoms with Crippen molar-refractivity contribution in [3.8, 4) is 0 Å². The van der Waals surface area contributed by atoms with E-state index in [0.29, 0.717) is 12.1 Å². The molecule has 3 aromatic rings. The Bertz CT molecular complexity index is 1350. The molecule has 0 radical (unpaired) electrons. The molecule has 0 bridgehead atoms. The van der Waals surface area contributed by atoms with Crippen LogP contribution in [0, 0.1) is 17.5 Å². The molecule has 234 valence electrons. The summed E-state index contributed by atoms with van der Waals surface area (Å²) in [6.45, 7) is 0. The Labute approximate surface area is 256 Å². The van der Waals surface area contributed by atoms with Crippen LogP contribution in [0.2, 0.25) is 0 Å². The van der Waals surface area contributed by atoms with E-state index in [-0.39, 0.29) is 18.9 Å². The van der Waals surface area contributed by atoms with Crippen LogP contribution in [0.15, 0.2) is 72.8 Å². The molecule has 1 aliphatic rings. The molecule has 0 aromatic heterocycles. The van der Waals surface area contributed by atoms with Gasteiger partial charge in [-0.3, -0.25) is 9.59 Å². The molecule has 9 heteroatoms. The Hall–Kier alpha value is -4.14. The summed E-state index contributed by atoms with van der Waals surface area (Å²) < 4.78 is 47.8. The lowest BCUT2D eigenvalue weighted by molar-refractivity contribution is -0.154. The fraction of sp³-hybridized carbons (Fsp3) is 0.400. The number of hydrogen-bond acceptors (Lipinski definition) is 4. The largest absolute Gasteiger partial charge is 0.461 e. The third-order valence-electron chi connectivity index (χ3n) is 7.85. The van der Waals surface area contributed by atoms with Crippen LogP contribution in [0.1, 0.15) is 68.1 Å². The average molecular weight is 609 g/mol. The van der Waals surface area contributed by atoms with E-state index in [4.69, 9.17) is 4.74 Å². The number of nitrogens with one attached hydrogen (secondary N) is 2. The van der Waals surface area contributed by atoms with Gasteiger partial charge in [-0.1, -0.05) is 86.3 Å². The SMILES string of the molecule is O=C(Cc1c(F)cc(F)cc1F)N[C@@H](Cc1ccccc1)C(=O)N[C@@H](Cc1ccccc1)C(=O)OC1CCCCCCCC1. The number of ether oxygens (including phenoxy) is 1. The zero-order chi connectivity index (χ0) is 31.3. The summed E-state index contributed by atoms with van der Waals surface area (Å²) in [5, 5.41) is 5.35. The molecule has 1 saturated carbocycles. The average Bonchev–Trinajstić information content (AvgIpc) is 3.13. The maximum Gasteiger partial charge on any atom is 0.329 e. The summed E-state index contributed by atoms with van der Waals surface area (Å²) in [6.07, 6.45) is 7.23. The van der Waals surface area contributed by atoms with Gasteiger partial charge in [0.05, 0.1) is 6.42 Å². The number of benzene rings is 3. The lowest BCUT2D eigenvalue weighted by Crippen LogP contribution is -2.54. The van der Waals surface area contributed by atoms with E-state index in [1.807, 2.05) is 30.3 Å². The van der Waals surface area contributed by atoms with Gasteiger partial charge in [0, 0.05) is 30.5 Å². The smallest absolute Gasteiger partial charge is 0.329 e. The minimum atomic E-state index is -1.20. The molecule has 0 spiro atoms. The molecular formula is C35H39F3N2O4. The van der Waals surface area contributed by atoms with Crippen LogP contribution in [0.4, 0.5) is 13.2 Å². The van der Waals surface area contributed by atoms with E-state index >= 15 is 0 Å². The second-order valence-corrected chi connectivity index (χ2v) is 11.3. The molecule has 0 unspecified atom stereocenters. The Balaban J connectivity index is 1.52. The predicted octanol–water partition coefficient (Wildman–Crippen LogP) is 6.15. The quantitative estimate of drug-likeness (QED) is 0.256. The number of carbonyl (C=O) groups is 3. The zero-order valence-corrected chi connectivity index (χ0v) is 24.7. The van der Waals surface area contributed by atoms with E-state index in [9.17, 15) is 27.6 Å². The number of rotatable bonds is 11. The molecule has 2 N–H and O–H groups in total. The third-order valence-corrected chi connectivity index (χ3v) is 7.85. The third kappa shape index (κ3) is 10.2. The first kappa shape index (κ1) is 32.8. The molecule has 6 nitrogen and oxygen atoms in total. The van der Waals surface area contributed by atoms with Crippen LogP contribution in [0.3, 0.4) is 0 Å². The van der Waals surface area contributed by atoms with Gasteiger partial charge >= 0.3 is 5.97 Å². The second kappa shape index (κ2) is 16.6. The number of halogens is 3. The molecule has 2 amide bonds. The zero-order valence-electron chi connectivity index (χ0n) is 24.7. The summed E-state index contributed by atoms with van der Waals surface area (Å²) in [4.78, 5) is 40.2. The monoisotopic (exact) mass is 608 g/mol. The number of esters is 1. The van der Waals surface area contributed by atoms with Gasteiger partial charge in [0.2, 0.25) is 11.8 Å². The Morgan fingerprint density at radius 2 is 1.20 bits per heavy atom. The molecule has 1 fully saturated rings. The van der Waals surface area contributed by atoms with Crippen molar-refractivity contribution in [2.75, 3.05) is 0 Å². The highest BCUT2D eigenvalue weighted by Crippen LogP contribution is 2.21. The maximum atomic E-state index is 14.3. The standard InChI is InChI=1S/C35H39F3N2O4/c36-26-21-29(37)28(30(38)22-26)23-33(41)39-31(19-24-13-7-5-8-14-24)34(42)40-32(20-25-15-9-6-10-16-25)35(43)44-27-17-11-3-1-2-4-12-18-27/h5-10,13-16,21-22,27,31-32H,1-4,11-12,17-20,23H2,(H,39,41)(H,40,42)/t31-,32-/m0/s1. The van der Waals surface area contributed by atoms with Gasteiger partial charge < -0.3 is 15.4 Å². The van der Waals surface area contributed by atoms with Gasteiger partial charge in [0.15, 0.2) is 0 Å². The Morgan fingerprint density at radius 3 is 1.75 bits per heavy atom. The molecule has 0 saturated heterocycles. The Kier molecular flexibility index (Phi) is 12.4. The first-order valence-electron chi connectivity index (χ1n) is 15.3. The van der Waals surface area contributed by atoms with Crippen molar-refractivity contribution >= 4 is 17.8 Å². The van der Waals surface area contributed by atoms with Gasteiger partial charge in [-0.2, -0.15) is 0 Å². The van der Waals surface area contributed by atoms with Gasteiger partial charge in [-0.15, -0.1) is 0 Å². The molecule has 44 heavy (non-hydrogen) atoms. The highest BCUT2D eigenvalue weighted by molar-refractivity contribution is 5.91. The molecule has 0 heterocycles. The van der Waals surface area contributed by atoms with Gasteiger partial charge in [-0.05, 0) is 36.8 Å². The topological polar surface area (TPSA) is 84.5 Å². The number of carbonyl (C=O) groups excluding carboxylic acids is 3. The second-order valence-electron chi connectivity index (χ2n) is 11.3. The van der Waals surface area contributed by atoms with Crippen molar-refractivity contribution in [1.82, 2.24) is 10.6 Å². The molecule has 1 aliphatic carbocycles. The summed E-state index contributed by atoms with van der Waals surface area (Å²) >= 11 is 0. The van der Waals surface area contributed by atoms with Crippen LogP contribution in [-0.4, -0.2) is 36.0 Å². The first-order valence-corrected chi connectivity index (χ1v) is 15.3. The minimum absolute atomic E-state index is 0.0581. The van der Waals surface area contributed by atoms with Gasteiger partial charge in [-0.25, -0.2) is 18.0 Å². The van der Waals surface area contributed by atoms with Crippen molar-refractivity contribution in [2.45, 2.75) is 88.8 Å². The number of hydrogen-bond donors (Lipinski definition) is 2. The van der Waals surface area contributed by atoms with Gasteiger partial charge in [0.1, 0.15) is 35.6 Å². The summed E-state index contributed by atoms with van der Waals surface area (Å²) in [5.74, 6) is -5.52. The first-order chi connectivity index (χ1) is 21.3. The molecule has 4 rings (SSSR count). The van der Waals surface area contributed by atoms with E-state index in [0.717, 1.165) is 49.7 Å². The van der Waals surface area contributed by atoms with E-state index in [1.165, 1.54) is 12.8 Å². The Morgan fingerprint density at radius 1 is 0.705 bits per heavy atom. The normalized spacial score (nSPS) is 15.6. The lowest BCUT2D eigenvalue weighted by atomic mass is 10.0. The van der Waals surface area contributed by atoms with Crippen molar-refractivity contribution in [3.05, 3.63) is 107 Å². The summed E-state index contributed by atoms with van der Waals surface area (Å²) in [7, 11) is 0. The van der Waals surface area contributed by atoms with Crippen LogP contribution < -0.4 is 10.6 Å². The molecule has 0 aliphatic heterocycles. The van der Waals surface area contributed by atoms with E-state index in [1.54, 1.807) is 30.3 Å². The highest BCUT2D eigenvalue weighted by Gasteiger charge is 2.30. The predicted molar refractivity (Wildman–Crippen MR) is 161 cm³/mol. The van der Waals surface area contributed by atoms with Crippen LogP contribution >= 0.6 is 0 Å². The summed E-state index contributed by atoms with van der Waals surface area (Å²) in [6, 6.07) is 16.9. The summed E-state index contributed by atoms with van der Waals surface area (Å²) in [5.41, 5.74) is 0.929. The highest BCUT2D eigenvalue weighted by atomic mass is 19.1. The van der Waals surface area contributed by atoms with Crippen molar-refractivity contribution in [2.24, 2.45) is 0 Å². The van der Waals surface area contributed by atoms with Crippen molar-refractivity contribution < 1.29 is 32.3 Å². The molecule has 3 aromatic carbocycles. The fourth-order valence-electron chi connectivity index (χ4n) is 5.48. The fourth-order valence-corrected chi connectivity index (χ4v) is 5.48. The van der Waals surface area contributed by atoms with E-state index < -0.39 is 59.3 Å². The lowest BCUT2D eigenvalue weighted by Gasteiger charge is -2.25. The van der Waals surface area contributed by atoms with Crippen molar-refractivity contribution in [3.63, 3.8) is 0 Å². The molecular weight excluding hydrogens is 569 g/mol. The molecule has 2 atom stereocenters. The van der Waals surface area contributed by atoms with Crippen LogP contribution in [-0.2, 0) is 38.4 Å². The van der Waals surface area contributed by atoms with Gasteiger partial charge in [0.25, 0.3) is 0 Å². The number of amides is 2.